The maximum absolute atomic E-state index is 12.7. The van der Waals surface area contributed by atoms with Gasteiger partial charge in [0.25, 0.3) is 5.56 Å². The van der Waals surface area contributed by atoms with Crippen LogP contribution in [0.5, 0.6) is 5.75 Å². The van der Waals surface area contributed by atoms with Gasteiger partial charge in [-0.3, -0.25) is 14.2 Å². The predicted molar refractivity (Wildman–Crippen MR) is 110 cm³/mol. The highest BCUT2D eigenvalue weighted by Gasteiger charge is 2.14. The van der Waals surface area contributed by atoms with Crippen molar-refractivity contribution in [3.63, 3.8) is 0 Å². The lowest BCUT2D eigenvalue weighted by Crippen LogP contribution is -2.28. The number of rotatable bonds is 5. The zero-order valence-electron chi connectivity index (χ0n) is 16.7. The second kappa shape index (κ2) is 7.74. The monoisotopic (exact) mass is 405 g/mol. The number of hydrogen-bond acceptors (Lipinski definition) is 7. The van der Waals surface area contributed by atoms with E-state index in [0.717, 1.165) is 5.56 Å². The molecule has 1 N–H and O–H groups in total. The van der Waals surface area contributed by atoms with Crippen molar-refractivity contribution in [3.8, 4) is 11.4 Å². The number of carbonyl (C=O) groups is 1. The first kappa shape index (κ1) is 19.2. The van der Waals surface area contributed by atoms with Gasteiger partial charge in [0.15, 0.2) is 5.82 Å². The normalized spacial score (nSPS) is 10.9. The molecule has 0 saturated heterocycles. The number of methoxy groups -OCH3 is 1. The standard InChI is InChI=1S/C20H19N7O3/c1-12-5-4-6-15-19(12)21-11-26(20(15)29)10-18(28)22-14-7-8-17(30-3)16(9-14)27-13(2)23-24-25-27/h4-9,11H,10H2,1-3H3,(H,22,28). The average molecular weight is 405 g/mol. The Kier molecular flexibility index (Phi) is 4.97. The third-order valence-electron chi connectivity index (χ3n) is 4.69. The van der Waals surface area contributed by atoms with Crippen LogP contribution in [0.15, 0.2) is 47.5 Å². The zero-order valence-corrected chi connectivity index (χ0v) is 16.7. The second-order valence-corrected chi connectivity index (χ2v) is 6.72. The van der Waals surface area contributed by atoms with Gasteiger partial charge < -0.3 is 10.1 Å². The van der Waals surface area contributed by atoms with Crippen molar-refractivity contribution < 1.29 is 9.53 Å². The highest BCUT2D eigenvalue weighted by molar-refractivity contribution is 5.91. The van der Waals surface area contributed by atoms with Crippen molar-refractivity contribution in [2.75, 3.05) is 12.4 Å². The molecule has 0 spiro atoms. The van der Waals surface area contributed by atoms with Crippen LogP contribution in [0, 0.1) is 13.8 Å². The Labute approximate surface area is 171 Å². The fourth-order valence-electron chi connectivity index (χ4n) is 3.19. The molecular formula is C20H19N7O3. The molecule has 0 radical (unpaired) electrons. The molecule has 0 atom stereocenters. The summed E-state index contributed by atoms with van der Waals surface area (Å²) in [5.41, 5.74) is 2.38. The van der Waals surface area contributed by atoms with E-state index in [1.807, 2.05) is 13.0 Å². The van der Waals surface area contributed by atoms with Crippen molar-refractivity contribution in [1.29, 1.82) is 0 Å². The summed E-state index contributed by atoms with van der Waals surface area (Å²) in [4.78, 5) is 29.6. The number of benzene rings is 2. The Morgan fingerprint density at radius 1 is 1.20 bits per heavy atom. The molecule has 2 aromatic carbocycles. The van der Waals surface area contributed by atoms with Crippen molar-refractivity contribution in [2.24, 2.45) is 0 Å². The van der Waals surface area contributed by atoms with E-state index in [1.54, 1.807) is 37.3 Å². The largest absolute Gasteiger partial charge is 0.494 e. The third kappa shape index (κ3) is 3.50. The van der Waals surface area contributed by atoms with E-state index in [0.29, 0.717) is 33.9 Å². The number of nitrogens with zero attached hydrogens (tertiary/aromatic N) is 6. The van der Waals surface area contributed by atoms with Crippen LogP contribution in [0.25, 0.3) is 16.6 Å². The summed E-state index contributed by atoms with van der Waals surface area (Å²) in [6, 6.07) is 10.5. The van der Waals surface area contributed by atoms with Gasteiger partial charge in [-0.05, 0) is 54.1 Å². The lowest BCUT2D eigenvalue weighted by atomic mass is 10.1. The number of anilines is 1. The van der Waals surface area contributed by atoms with E-state index in [1.165, 1.54) is 22.7 Å². The Morgan fingerprint density at radius 2 is 2.03 bits per heavy atom. The molecule has 1 amide bonds. The third-order valence-corrected chi connectivity index (χ3v) is 4.69. The second-order valence-electron chi connectivity index (χ2n) is 6.72. The molecule has 10 nitrogen and oxygen atoms in total. The molecule has 0 aliphatic heterocycles. The van der Waals surface area contributed by atoms with E-state index in [2.05, 4.69) is 25.8 Å². The van der Waals surface area contributed by atoms with Gasteiger partial charge in [-0.15, -0.1) is 5.10 Å². The summed E-state index contributed by atoms with van der Waals surface area (Å²) >= 11 is 0. The molecule has 4 aromatic rings. The smallest absolute Gasteiger partial charge is 0.261 e. The van der Waals surface area contributed by atoms with Crippen LogP contribution >= 0.6 is 0 Å². The lowest BCUT2D eigenvalue weighted by Gasteiger charge is -2.12. The van der Waals surface area contributed by atoms with Gasteiger partial charge in [0.05, 0.1) is 24.3 Å². The van der Waals surface area contributed by atoms with Crippen LogP contribution in [-0.4, -0.2) is 42.8 Å². The van der Waals surface area contributed by atoms with Gasteiger partial charge in [-0.1, -0.05) is 12.1 Å². The molecule has 0 aliphatic rings. The van der Waals surface area contributed by atoms with Crippen LogP contribution in [0.4, 0.5) is 5.69 Å². The number of para-hydroxylation sites is 1. The van der Waals surface area contributed by atoms with E-state index < -0.39 is 0 Å². The number of carbonyl (C=O) groups excluding carboxylic acids is 1. The lowest BCUT2D eigenvalue weighted by molar-refractivity contribution is -0.116. The maximum atomic E-state index is 12.7. The molecule has 0 unspecified atom stereocenters. The van der Waals surface area contributed by atoms with Gasteiger partial charge in [-0.25, -0.2) is 4.98 Å². The Hall–Kier alpha value is -4.08. The van der Waals surface area contributed by atoms with Gasteiger partial charge >= 0.3 is 0 Å². The van der Waals surface area contributed by atoms with Gasteiger partial charge in [0.1, 0.15) is 18.0 Å². The fourth-order valence-corrected chi connectivity index (χ4v) is 3.19. The summed E-state index contributed by atoms with van der Waals surface area (Å²) in [7, 11) is 1.54. The molecule has 152 valence electrons. The number of fused-ring (bicyclic) bond motifs is 1. The average Bonchev–Trinajstić information content (AvgIpc) is 3.16. The predicted octanol–water partition coefficient (Wildman–Crippen LogP) is 1.64. The van der Waals surface area contributed by atoms with E-state index in [9.17, 15) is 9.59 Å². The molecule has 2 heterocycles. The molecule has 0 fully saturated rings. The minimum absolute atomic E-state index is 0.166. The summed E-state index contributed by atoms with van der Waals surface area (Å²) < 4.78 is 8.16. The molecule has 30 heavy (non-hydrogen) atoms. The fraction of sp³-hybridized carbons (Fsp3) is 0.200. The first-order valence-corrected chi connectivity index (χ1v) is 9.16. The first-order chi connectivity index (χ1) is 14.5. The summed E-state index contributed by atoms with van der Waals surface area (Å²) in [5.74, 6) is 0.755. The molecule has 4 rings (SSSR count). The summed E-state index contributed by atoms with van der Waals surface area (Å²) in [6.07, 6.45) is 1.39. The zero-order chi connectivity index (χ0) is 21.3. The number of nitrogens with one attached hydrogen (secondary N) is 1. The molecule has 0 aliphatic carbocycles. The van der Waals surface area contributed by atoms with E-state index >= 15 is 0 Å². The number of aryl methyl sites for hydroxylation is 2. The highest BCUT2D eigenvalue weighted by Crippen LogP contribution is 2.26. The first-order valence-electron chi connectivity index (χ1n) is 9.16. The maximum Gasteiger partial charge on any atom is 0.261 e. The van der Waals surface area contributed by atoms with Crippen molar-refractivity contribution in [2.45, 2.75) is 20.4 Å². The van der Waals surface area contributed by atoms with Gasteiger partial charge in [-0.2, -0.15) is 4.68 Å². The number of ether oxygens (including phenoxy) is 1. The highest BCUT2D eigenvalue weighted by atomic mass is 16.5. The Balaban J connectivity index is 1.59. The van der Waals surface area contributed by atoms with Crippen LogP contribution in [0.3, 0.4) is 0 Å². The van der Waals surface area contributed by atoms with E-state index in [-0.39, 0.29) is 18.0 Å². The SMILES string of the molecule is COc1ccc(NC(=O)Cn2cnc3c(C)cccc3c2=O)cc1-n1nnnc1C. The molecule has 0 bridgehead atoms. The number of amides is 1. The number of tetrazole rings is 1. The molecule has 10 heteroatoms. The van der Waals surface area contributed by atoms with Crippen LogP contribution < -0.4 is 15.6 Å². The minimum atomic E-state index is -0.365. The molecule has 0 saturated carbocycles. The van der Waals surface area contributed by atoms with Crippen LogP contribution in [-0.2, 0) is 11.3 Å². The van der Waals surface area contributed by atoms with Crippen LogP contribution in [0.1, 0.15) is 11.4 Å². The van der Waals surface area contributed by atoms with Crippen molar-refractivity contribution in [3.05, 3.63) is 64.5 Å². The minimum Gasteiger partial charge on any atom is -0.494 e. The summed E-state index contributed by atoms with van der Waals surface area (Å²) in [5, 5.41) is 14.7. The summed E-state index contributed by atoms with van der Waals surface area (Å²) in [6.45, 7) is 3.48. The van der Waals surface area contributed by atoms with Gasteiger partial charge in [0.2, 0.25) is 5.91 Å². The Morgan fingerprint density at radius 3 is 2.77 bits per heavy atom. The molecule has 2 aromatic heterocycles. The van der Waals surface area contributed by atoms with E-state index in [4.69, 9.17) is 4.74 Å². The quantitative estimate of drug-likeness (QED) is 0.536. The van der Waals surface area contributed by atoms with Crippen LogP contribution in [0.2, 0.25) is 0 Å². The van der Waals surface area contributed by atoms with Gasteiger partial charge in [0, 0.05) is 5.69 Å². The molecular weight excluding hydrogens is 386 g/mol. The number of hydrogen-bond donors (Lipinski definition) is 1. The Bertz CT molecular complexity index is 1310. The topological polar surface area (TPSA) is 117 Å². The van der Waals surface area contributed by atoms with Crippen molar-refractivity contribution in [1.82, 2.24) is 29.8 Å². The van der Waals surface area contributed by atoms with Crippen molar-refractivity contribution >= 4 is 22.5 Å². The number of aromatic nitrogens is 6.